The second kappa shape index (κ2) is 8.84. The second-order valence-electron chi connectivity index (χ2n) is 7.54. The molecule has 164 valence electrons. The lowest BCUT2D eigenvalue weighted by atomic mass is 10.2. The molecule has 0 aliphatic rings. The van der Waals surface area contributed by atoms with Crippen LogP contribution < -0.4 is 9.62 Å². The molecule has 4 aromatic rings. The van der Waals surface area contributed by atoms with Crippen LogP contribution in [0.15, 0.2) is 77.7 Å². The average Bonchev–Trinajstić information content (AvgIpc) is 3.22. The summed E-state index contributed by atoms with van der Waals surface area (Å²) in [7, 11) is -2.30. The molecule has 3 aromatic carbocycles. The van der Waals surface area contributed by atoms with Crippen LogP contribution in [-0.2, 0) is 16.4 Å². The molecular weight excluding hydrogens is 424 g/mol. The maximum atomic E-state index is 13.1. The number of H-pyrrole nitrogens is 1. The van der Waals surface area contributed by atoms with Crippen molar-refractivity contribution in [1.82, 2.24) is 15.3 Å². The van der Waals surface area contributed by atoms with E-state index < -0.39 is 10.0 Å². The van der Waals surface area contributed by atoms with E-state index in [1.54, 1.807) is 24.3 Å². The topological polar surface area (TPSA) is 95.2 Å². The van der Waals surface area contributed by atoms with Crippen molar-refractivity contribution in [2.24, 2.45) is 0 Å². The smallest absolute Gasteiger partial charge is 0.264 e. The molecule has 0 saturated carbocycles. The molecule has 2 N–H and O–H groups in total. The van der Waals surface area contributed by atoms with Gasteiger partial charge in [-0.05, 0) is 49.4 Å². The van der Waals surface area contributed by atoms with Crippen LogP contribution in [0.4, 0.5) is 5.69 Å². The van der Waals surface area contributed by atoms with Gasteiger partial charge >= 0.3 is 0 Å². The molecule has 0 spiro atoms. The van der Waals surface area contributed by atoms with Gasteiger partial charge in [-0.1, -0.05) is 35.9 Å². The Morgan fingerprint density at radius 3 is 2.53 bits per heavy atom. The lowest BCUT2D eigenvalue weighted by Crippen LogP contribution is -2.28. The highest BCUT2D eigenvalue weighted by Crippen LogP contribution is 2.23. The van der Waals surface area contributed by atoms with Crippen LogP contribution in [0.25, 0.3) is 11.0 Å². The average molecular weight is 449 g/mol. The van der Waals surface area contributed by atoms with Crippen LogP contribution in [-0.4, -0.2) is 37.9 Å². The van der Waals surface area contributed by atoms with Gasteiger partial charge in [-0.25, -0.2) is 13.4 Å². The Morgan fingerprint density at radius 1 is 1.03 bits per heavy atom. The molecule has 0 bridgehead atoms. The summed E-state index contributed by atoms with van der Waals surface area (Å²) in [6.45, 7) is 2.31. The van der Waals surface area contributed by atoms with Gasteiger partial charge in [-0.15, -0.1) is 0 Å². The third-order valence-electron chi connectivity index (χ3n) is 5.24. The van der Waals surface area contributed by atoms with E-state index in [4.69, 9.17) is 0 Å². The van der Waals surface area contributed by atoms with Gasteiger partial charge in [0.25, 0.3) is 15.9 Å². The fourth-order valence-corrected chi connectivity index (χ4v) is 4.61. The monoisotopic (exact) mass is 448 g/mol. The minimum atomic E-state index is -3.80. The van der Waals surface area contributed by atoms with Gasteiger partial charge in [0.1, 0.15) is 5.82 Å². The highest BCUT2D eigenvalue weighted by molar-refractivity contribution is 7.92. The highest BCUT2D eigenvalue weighted by atomic mass is 32.2. The van der Waals surface area contributed by atoms with Gasteiger partial charge in [0.05, 0.1) is 21.6 Å². The molecule has 0 unspecified atom stereocenters. The summed E-state index contributed by atoms with van der Waals surface area (Å²) >= 11 is 0. The van der Waals surface area contributed by atoms with E-state index in [2.05, 4.69) is 15.3 Å². The van der Waals surface area contributed by atoms with E-state index in [1.165, 1.54) is 23.5 Å². The number of amides is 1. The summed E-state index contributed by atoms with van der Waals surface area (Å²) in [4.78, 5) is 20.4. The van der Waals surface area contributed by atoms with E-state index in [9.17, 15) is 13.2 Å². The van der Waals surface area contributed by atoms with E-state index >= 15 is 0 Å². The van der Waals surface area contributed by atoms with Crippen molar-refractivity contribution in [3.8, 4) is 0 Å². The first-order valence-electron chi connectivity index (χ1n) is 10.2. The van der Waals surface area contributed by atoms with Crippen LogP contribution >= 0.6 is 0 Å². The molecule has 0 aliphatic carbocycles. The summed E-state index contributed by atoms with van der Waals surface area (Å²) in [5, 5.41) is 2.83. The predicted molar refractivity (Wildman–Crippen MR) is 125 cm³/mol. The van der Waals surface area contributed by atoms with E-state index in [0.717, 1.165) is 22.4 Å². The number of aromatic nitrogens is 2. The number of nitrogens with one attached hydrogen (secondary N) is 2. The highest BCUT2D eigenvalue weighted by Gasteiger charge is 2.22. The van der Waals surface area contributed by atoms with Crippen molar-refractivity contribution in [3.63, 3.8) is 0 Å². The van der Waals surface area contributed by atoms with Crippen LogP contribution in [0.1, 0.15) is 21.7 Å². The normalized spacial score (nSPS) is 11.4. The minimum absolute atomic E-state index is 0.0607. The molecule has 0 saturated heterocycles. The van der Waals surface area contributed by atoms with Crippen molar-refractivity contribution < 1.29 is 13.2 Å². The first-order valence-corrected chi connectivity index (χ1v) is 11.7. The second-order valence-corrected chi connectivity index (χ2v) is 9.51. The number of hydrogen-bond donors (Lipinski definition) is 2. The number of hydrogen-bond acceptors (Lipinski definition) is 4. The first kappa shape index (κ1) is 21.6. The van der Waals surface area contributed by atoms with Gasteiger partial charge in [-0.2, -0.15) is 0 Å². The maximum absolute atomic E-state index is 13.1. The Balaban J connectivity index is 1.44. The molecule has 8 heteroatoms. The van der Waals surface area contributed by atoms with Crippen molar-refractivity contribution in [3.05, 3.63) is 89.7 Å². The van der Waals surface area contributed by atoms with Crippen LogP contribution in [0, 0.1) is 6.92 Å². The van der Waals surface area contributed by atoms with Gasteiger partial charge in [0, 0.05) is 25.6 Å². The standard InChI is InChI=1S/C24H24N4O3S/c1-17-10-12-19(13-11-17)28(2)32(30,31)20-7-5-6-18(16-20)24(29)25-15-14-23-26-21-8-3-4-9-22(21)27-23/h3-13,16H,14-15H2,1-2H3,(H,25,29)(H,26,27). The first-order chi connectivity index (χ1) is 15.3. The number of aryl methyl sites for hydroxylation is 1. The Bertz CT molecular complexity index is 1330. The lowest BCUT2D eigenvalue weighted by Gasteiger charge is -2.20. The lowest BCUT2D eigenvalue weighted by molar-refractivity contribution is 0.0954. The number of imidazole rings is 1. The Hall–Kier alpha value is -3.65. The molecule has 32 heavy (non-hydrogen) atoms. The third-order valence-corrected chi connectivity index (χ3v) is 7.02. The Labute approximate surface area is 187 Å². The fraction of sp³-hybridized carbons (Fsp3) is 0.167. The van der Waals surface area contributed by atoms with Crippen LogP contribution in [0.3, 0.4) is 0 Å². The fourth-order valence-electron chi connectivity index (χ4n) is 3.37. The quantitative estimate of drug-likeness (QED) is 0.451. The number of sulfonamides is 1. The van der Waals surface area contributed by atoms with Crippen LogP contribution in [0.2, 0.25) is 0 Å². The molecular formula is C24H24N4O3S. The van der Waals surface area contributed by atoms with E-state index in [0.29, 0.717) is 18.7 Å². The molecule has 1 amide bonds. The number of carbonyl (C=O) groups is 1. The van der Waals surface area contributed by atoms with Crippen molar-refractivity contribution in [2.75, 3.05) is 17.9 Å². The third kappa shape index (κ3) is 4.50. The van der Waals surface area contributed by atoms with Crippen molar-refractivity contribution in [2.45, 2.75) is 18.2 Å². The zero-order valence-corrected chi connectivity index (χ0v) is 18.7. The van der Waals surface area contributed by atoms with Gasteiger partial charge in [-0.3, -0.25) is 9.10 Å². The number of carbonyl (C=O) groups excluding carboxylic acids is 1. The number of para-hydroxylation sites is 2. The Morgan fingerprint density at radius 2 is 1.78 bits per heavy atom. The molecule has 0 fully saturated rings. The van der Waals surface area contributed by atoms with Gasteiger partial charge in [0.2, 0.25) is 0 Å². The van der Waals surface area contributed by atoms with E-state index in [-0.39, 0.29) is 16.4 Å². The maximum Gasteiger partial charge on any atom is 0.264 e. The molecule has 1 heterocycles. The largest absolute Gasteiger partial charge is 0.352 e. The number of fused-ring (bicyclic) bond motifs is 1. The number of benzene rings is 3. The molecule has 1 aromatic heterocycles. The summed E-state index contributed by atoms with van der Waals surface area (Å²) < 4.78 is 27.3. The zero-order valence-electron chi connectivity index (χ0n) is 17.9. The molecule has 0 radical (unpaired) electrons. The predicted octanol–water partition coefficient (Wildman–Crippen LogP) is 3.67. The van der Waals surface area contributed by atoms with Crippen molar-refractivity contribution >= 4 is 32.7 Å². The number of nitrogens with zero attached hydrogens (tertiary/aromatic N) is 2. The molecule has 4 rings (SSSR count). The summed E-state index contributed by atoms with van der Waals surface area (Å²) in [6, 6.07) is 21.0. The zero-order chi connectivity index (χ0) is 22.7. The summed E-state index contributed by atoms with van der Waals surface area (Å²) in [6.07, 6.45) is 0.536. The number of anilines is 1. The van der Waals surface area contributed by atoms with Crippen molar-refractivity contribution in [1.29, 1.82) is 0 Å². The summed E-state index contributed by atoms with van der Waals surface area (Å²) in [5.41, 5.74) is 3.71. The van der Waals surface area contributed by atoms with Crippen LogP contribution in [0.5, 0.6) is 0 Å². The molecule has 7 nitrogen and oxygen atoms in total. The summed E-state index contributed by atoms with van der Waals surface area (Å²) in [5.74, 6) is 0.443. The van der Waals surface area contributed by atoms with E-state index in [1.807, 2.05) is 43.3 Å². The van der Waals surface area contributed by atoms with Gasteiger partial charge in [0.15, 0.2) is 0 Å². The number of aromatic amines is 1. The SMILES string of the molecule is Cc1ccc(N(C)S(=O)(=O)c2cccc(C(=O)NCCc3nc4ccccc4[nH]3)c2)cc1. The molecule has 0 atom stereocenters. The minimum Gasteiger partial charge on any atom is -0.352 e. The molecule has 0 aliphatic heterocycles. The van der Waals surface area contributed by atoms with Gasteiger partial charge < -0.3 is 10.3 Å². The Kier molecular flexibility index (Phi) is 5.96. The number of rotatable bonds is 7.